The number of carbonyl (C=O) groups excluding carboxylic acids is 1. The lowest BCUT2D eigenvalue weighted by Crippen LogP contribution is -2.43. The monoisotopic (exact) mass is 482 g/mol. The molecule has 0 aliphatic carbocycles. The summed E-state index contributed by atoms with van der Waals surface area (Å²) in [5.41, 5.74) is 5.22. The molecule has 0 radical (unpaired) electrons. The number of nitrogens with zero attached hydrogens (tertiary/aromatic N) is 1. The van der Waals surface area contributed by atoms with Crippen LogP contribution in [-0.2, 0) is 20.7 Å². The molecule has 4 rings (SSSR count). The molecule has 2 N–H and O–H groups in total. The second-order valence-electron chi connectivity index (χ2n) is 8.76. The van der Waals surface area contributed by atoms with Crippen molar-refractivity contribution in [3.8, 4) is 22.3 Å². The lowest BCUT2D eigenvalue weighted by Gasteiger charge is -2.23. The molecule has 184 valence electrons. The number of aromatic nitrogens is 1. The third-order valence-corrected chi connectivity index (χ3v) is 6.11. The molecule has 36 heavy (non-hydrogen) atoms. The van der Waals surface area contributed by atoms with Crippen molar-refractivity contribution in [2.24, 2.45) is 0 Å². The van der Waals surface area contributed by atoms with Crippen molar-refractivity contribution in [1.29, 1.82) is 0 Å². The highest BCUT2D eigenvalue weighted by atomic mass is 16.5. The Morgan fingerprint density at radius 3 is 2.03 bits per heavy atom. The molecule has 6 heteroatoms. The quantitative estimate of drug-likeness (QED) is 0.307. The molecular formula is C30H30N2O4. The standard InChI is InChI=1S/C30H30N2O4/c1-36-21-27(18-22-8-4-2-5-9-22)31-30(35)28(19-29(33)34)32-17-16-26(20-32)25-14-12-24(13-15-25)23-10-6-3-7-11-23/h2-17,20,27-28H,18-19,21H2,1H3,(H,31,35)(H,33,34). The summed E-state index contributed by atoms with van der Waals surface area (Å²) in [5.74, 6) is -1.39. The minimum Gasteiger partial charge on any atom is -0.481 e. The summed E-state index contributed by atoms with van der Waals surface area (Å²) in [7, 11) is 1.58. The summed E-state index contributed by atoms with van der Waals surface area (Å²) in [5, 5.41) is 12.5. The lowest BCUT2D eigenvalue weighted by atomic mass is 10.0. The molecular weight excluding hydrogens is 452 g/mol. The maximum atomic E-state index is 13.3. The van der Waals surface area contributed by atoms with Gasteiger partial charge in [0.15, 0.2) is 0 Å². The van der Waals surface area contributed by atoms with Crippen molar-refractivity contribution in [3.05, 3.63) is 109 Å². The van der Waals surface area contributed by atoms with Crippen LogP contribution in [0.4, 0.5) is 0 Å². The summed E-state index contributed by atoms with van der Waals surface area (Å²) < 4.78 is 6.99. The maximum absolute atomic E-state index is 13.3. The average molecular weight is 483 g/mol. The number of rotatable bonds is 11. The van der Waals surface area contributed by atoms with Gasteiger partial charge in [-0.1, -0.05) is 84.9 Å². The minimum atomic E-state index is -1.04. The van der Waals surface area contributed by atoms with Gasteiger partial charge in [0.2, 0.25) is 5.91 Å². The van der Waals surface area contributed by atoms with E-state index in [0.29, 0.717) is 13.0 Å². The third kappa shape index (κ3) is 6.49. The maximum Gasteiger partial charge on any atom is 0.306 e. The van der Waals surface area contributed by atoms with Gasteiger partial charge in [0.05, 0.1) is 19.1 Å². The molecule has 0 fully saturated rings. The number of methoxy groups -OCH3 is 1. The third-order valence-electron chi connectivity index (χ3n) is 6.11. The van der Waals surface area contributed by atoms with E-state index in [-0.39, 0.29) is 18.4 Å². The zero-order valence-electron chi connectivity index (χ0n) is 20.2. The number of carbonyl (C=O) groups is 2. The Kier molecular flexibility index (Phi) is 8.32. The Morgan fingerprint density at radius 2 is 1.42 bits per heavy atom. The first-order chi connectivity index (χ1) is 17.5. The summed E-state index contributed by atoms with van der Waals surface area (Å²) >= 11 is 0. The predicted octanol–water partition coefficient (Wildman–Crippen LogP) is 5.21. The fourth-order valence-corrected chi connectivity index (χ4v) is 4.31. The van der Waals surface area contributed by atoms with Crippen LogP contribution >= 0.6 is 0 Å². The first kappa shape index (κ1) is 24.9. The minimum absolute atomic E-state index is 0.276. The number of ether oxygens (including phenoxy) is 1. The summed E-state index contributed by atoms with van der Waals surface area (Å²) in [4.78, 5) is 24.9. The van der Waals surface area contributed by atoms with Crippen LogP contribution in [0.15, 0.2) is 103 Å². The van der Waals surface area contributed by atoms with Gasteiger partial charge in [-0.25, -0.2) is 0 Å². The summed E-state index contributed by atoms with van der Waals surface area (Å²) in [6, 6.07) is 28.9. The van der Waals surface area contributed by atoms with Gasteiger partial charge in [-0.3, -0.25) is 9.59 Å². The van der Waals surface area contributed by atoms with Crippen molar-refractivity contribution in [3.63, 3.8) is 0 Å². The Morgan fingerprint density at radius 1 is 0.833 bits per heavy atom. The Balaban J connectivity index is 1.51. The van der Waals surface area contributed by atoms with Crippen LogP contribution in [0.2, 0.25) is 0 Å². The molecule has 0 aliphatic heterocycles. The van der Waals surface area contributed by atoms with Crippen LogP contribution in [0.3, 0.4) is 0 Å². The molecule has 4 aromatic rings. The summed E-state index contributed by atoms with van der Waals surface area (Å²) in [6.45, 7) is 0.325. The molecule has 0 aliphatic rings. The van der Waals surface area contributed by atoms with E-state index in [1.54, 1.807) is 17.9 Å². The van der Waals surface area contributed by atoms with E-state index in [9.17, 15) is 14.7 Å². The van der Waals surface area contributed by atoms with Crippen LogP contribution < -0.4 is 5.32 Å². The highest BCUT2D eigenvalue weighted by Gasteiger charge is 2.26. The van der Waals surface area contributed by atoms with Gasteiger partial charge in [-0.05, 0) is 40.3 Å². The second-order valence-corrected chi connectivity index (χ2v) is 8.76. The second kappa shape index (κ2) is 12.0. The van der Waals surface area contributed by atoms with Crippen LogP contribution in [-0.4, -0.2) is 41.3 Å². The predicted molar refractivity (Wildman–Crippen MR) is 141 cm³/mol. The smallest absolute Gasteiger partial charge is 0.306 e. The number of carboxylic acids is 1. The van der Waals surface area contributed by atoms with Crippen molar-refractivity contribution < 1.29 is 19.4 Å². The van der Waals surface area contributed by atoms with Gasteiger partial charge in [0.25, 0.3) is 0 Å². The Labute approximate surface area is 211 Å². The number of nitrogens with one attached hydrogen (secondary N) is 1. The number of amides is 1. The summed E-state index contributed by atoms with van der Waals surface area (Å²) in [6.07, 6.45) is 3.85. The molecule has 3 aromatic carbocycles. The highest BCUT2D eigenvalue weighted by molar-refractivity contribution is 5.85. The van der Waals surface area contributed by atoms with Crippen molar-refractivity contribution in [2.45, 2.75) is 24.9 Å². The number of benzene rings is 3. The van der Waals surface area contributed by atoms with E-state index >= 15 is 0 Å². The highest BCUT2D eigenvalue weighted by Crippen LogP contribution is 2.26. The number of hydrogen-bond acceptors (Lipinski definition) is 3. The zero-order valence-corrected chi connectivity index (χ0v) is 20.2. The molecule has 0 saturated heterocycles. The number of aliphatic carboxylic acids is 1. The first-order valence-electron chi connectivity index (χ1n) is 11.9. The van der Waals surface area contributed by atoms with Gasteiger partial charge in [0.1, 0.15) is 6.04 Å². The fraction of sp³-hybridized carbons (Fsp3) is 0.200. The number of carboxylic acid groups (broad SMARTS) is 1. The molecule has 0 spiro atoms. The molecule has 0 bridgehead atoms. The average Bonchev–Trinajstić information content (AvgIpc) is 3.38. The van der Waals surface area contributed by atoms with Gasteiger partial charge in [-0.2, -0.15) is 0 Å². The van der Waals surface area contributed by atoms with E-state index in [1.807, 2.05) is 72.9 Å². The van der Waals surface area contributed by atoms with Crippen LogP contribution in [0.5, 0.6) is 0 Å². The largest absolute Gasteiger partial charge is 0.481 e. The molecule has 6 nitrogen and oxygen atoms in total. The molecule has 0 saturated carbocycles. The van der Waals surface area contributed by atoms with Crippen LogP contribution in [0, 0.1) is 0 Å². The lowest BCUT2D eigenvalue weighted by molar-refractivity contribution is -0.140. The van der Waals surface area contributed by atoms with Gasteiger partial charge >= 0.3 is 5.97 Å². The van der Waals surface area contributed by atoms with Gasteiger partial charge in [0, 0.05) is 19.5 Å². The fourth-order valence-electron chi connectivity index (χ4n) is 4.31. The zero-order chi connectivity index (χ0) is 25.3. The Bertz CT molecular complexity index is 1270. The van der Waals surface area contributed by atoms with E-state index in [1.165, 1.54) is 0 Å². The molecule has 1 amide bonds. The van der Waals surface area contributed by atoms with E-state index in [2.05, 4.69) is 29.6 Å². The Hall–Kier alpha value is -4.16. The number of hydrogen-bond donors (Lipinski definition) is 2. The van der Waals surface area contributed by atoms with E-state index < -0.39 is 12.0 Å². The normalized spacial score (nSPS) is 12.6. The van der Waals surface area contributed by atoms with Crippen LogP contribution in [0.25, 0.3) is 22.3 Å². The SMILES string of the molecule is COCC(Cc1ccccc1)NC(=O)C(CC(=O)O)n1ccc(-c2ccc(-c3ccccc3)cc2)c1. The molecule has 2 unspecified atom stereocenters. The topological polar surface area (TPSA) is 80.6 Å². The molecule has 1 aromatic heterocycles. The molecule has 1 heterocycles. The van der Waals surface area contributed by atoms with Crippen molar-refractivity contribution in [1.82, 2.24) is 9.88 Å². The van der Waals surface area contributed by atoms with Crippen molar-refractivity contribution in [2.75, 3.05) is 13.7 Å². The van der Waals surface area contributed by atoms with Crippen molar-refractivity contribution >= 4 is 11.9 Å². The van der Waals surface area contributed by atoms with E-state index in [0.717, 1.165) is 27.8 Å². The van der Waals surface area contributed by atoms with Gasteiger partial charge in [-0.15, -0.1) is 0 Å². The van der Waals surface area contributed by atoms with Gasteiger partial charge < -0.3 is 19.7 Å². The first-order valence-corrected chi connectivity index (χ1v) is 11.9. The van der Waals surface area contributed by atoms with E-state index in [4.69, 9.17) is 4.74 Å². The molecule has 2 atom stereocenters. The van der Waals surface area contributed by atoms with Crippen LogP contribution in [0.1, 0.15) is 18.0 Å².